The maximum Gasteiger partial charge on any atom is 0.229 e. The zero-order valence-corrected chi connectivity index (χ0v) is 16.9. The summed E-state index contributed by atoms with van der Waals surface area (Å²) in [5, 5.41) is 12.0. The summed E-state index contributed by atoms with van der Waals surface area (Å²) in [4.78, 5) is 15.0. The van der Waals surface area contributed by atoms with Crippen molar-refractivity contribution in [3.8, 4) is 11.3 Å². The number of nitrogens with zero attached hydrogens (tertiary/aromatic N) is 3. The number of amides is 1. The Labute approximate surface area is 171 Å². The molecule has 2 aromatic carbocycles. The summed E-state index contributed by atoms with van der Waals surface area (Å²) >= 11 is 0. The zero-order valence-electron chi connectivity index (χ0n) is 16.9. The molecule has 4 rings (SSSR count). The van der Waals surface area contributed by atoms with Gasteiger partial charge >= 0.3 is 0 Å². The number of hydrogen-bond acceptors (Lipinski definition) is 4. The molecule has 1 aromatic heterocycles. The van der Waals surface area contributed by atoms with Crippen molar-refractivity contribution in [2.45, 2.75) is 26.7 Å². The van der Waals surface area contributed by atoms with Crippen LogP contribution in [0.25, 0.3) is 11.3 Å². The predicted octanol–water partition coefficient (Wildman–Crippen LogP) is 4.62. The van der Waals surface area contributed by atoms with Crippen molar-refractivity contribution in [2.75, 3.05) is 23.3 Å². The van der Waals surface area contributed by atoms with Gasteiger partial charge in [-0.1, -0.05) is 42.5 Å². The molecular weight excluding hydrogens is 360 g/mol. The fourth-order valence-corrected chi connectivity index (χ4v) is 3.85. The molecule has 1 saturated heterocycles. The number of hydrogen-bond donors (Lipinski definition) is 1. The van der Waals surface area contributed by atoms with Gasteiger partial charge in [-0.2, -0.15) is 0 Å². The van der Waals surface area contributed by atoms with Crippen molar-refractivity contribution in [1.29, 1.82) is 0 Å². The topological polar surface area (TPSA) is 58.1 Å². The number of piperidine rings is 1. The first kappa shape index (κ1) is 19.1. The summed E-state index contributed by atoms with van der Waals surface area (Å²) in [7, 11) is 0. The van der Waals surface area contributed by atoms with Crippen molar-refractivity contribution >= 4 is 17.4 Å². The lowest BCUT2D eigenvalue weighted by Crippen LogP contribution is -2.41. The second-order valence-electron chi connectivity index (χ2n) is 7.68. The van der Waals surface area contributed by atoms with E-state index in [2.05, 4.69) is 39.5 Å². The van der Waals surface area contributed by atoms with Crippen LogP contribution < -0.4 is 10.2 Å². The Morgan fingerprint density at radius 1 is 0.966 bits per heavy atom. The van der Waals surface area contributed by atoms with Gasteiger partial charge in [-0.05, 0) is 56.0 Å². The third kappa shape index (κ3) is 4.29. The maximum atomic E-state index is 12.8. The number of nitrogens with one attached hydrogen (secondary N) is 1. The number of rotatable bonds is 4. The summed E-state index contributed by atoms with van der Waals surface area (Å²) in [5.74, 6) is 0.852. The summed E-state index contributed by atoms with van der Waals surface area (Å²) in [6, 6.07) is 20.1. The van der Waals surface area contributed by atoms with Gasteiger partial charge < -0.3 is 10.2 Å². The van der Waals surface area contributed by atoms with Gasteiger partial charge in [0.25, 0.3) is 0 Å². The van der Waals surface area contributed by atoms with Crippen LogP contribution in [0.15, 0.2) is 60.7 Å². The van der Waals surface area contributed by atoms with Gasteiger partial charge in [-0.25, -0.2) is 0 Å². The molecule has 1 N–H and O–H groups in total. The summed E-state index contributed by atoms with van der Waals surface area (Å²) in [5.41, 5.74) is 5.11. The Morgan fingerprint density at radius 3 is 2.45 bits per heavy atom. The lowest BCUT2D eigenvalue weighted by molar-refractivity contribution is -0.120. The van der Waals surface area contributed by atoms with Gasteiger partial charge in [0.05, 0.1) is 11.6 Å². The highest BCUT2D eigenvalue weighted by Crippen LogP contribution is 2.26. The summed E-state index contributed by atoms with van der Waals surface area (Å²) < 4.78 is 0. The second kappa shape index (κ2) is 8.43. The lowest BCUT2D eigenvalue weighted by atomic mass is 9.96. The van der Waals surface area contributed by atoms with Crippen molar-refractivity contribution in [3.05, 3.63) is 71.8 Å². The van der Waals surface area contributed by atoms with Crippen LogP contribution in [-0.2, 0) is 4.79 Å². The van der Waals surface area contributed by atoms with Crippen molar-refractivity contribution in [1.82, 2.24) is 10.2 Å². The minimum atomic E-state index is -0.0544. The number of carbonyl (C=O) groups is 1. The van der Waals surface area contributed by atoms with Crippen LogP contribution >= 0.6 is 0 Å². The van der Waals surface area contributed by atoms with Gasteiger partial charge in [0.15, 0.2) is 5.82 Å². The van der Waals surface area contributed by atoms with E-state index in [9.17, 15) is 4.79 Å². The quantitative estimate of drug-likeness (QED) is 0.711. The van der Waals surface area contributed by atoms with Crippen LogP contribution in [0.4, 0.5) is 11.5 Å². The van der Waals surface area contributed by atoms with Crippen molar-refractivity contribution < 1.29 is 4.79 Å². The van der Waals surface area contributed by atoms with Gasteiger partial charge in [0.1, 0.15) is 0 Å². The molecule has 1 fully saturated rings. The van der Waals surface area contributed by atoms with E-state index in [1.54, 1.807) is 0 Å². The Morgan fingerprint density at radius 2 is 1.72 bits per heavy atom. The van der Waals surface area contributed by atoms with Gasteiger partial charge in [0, 0.05) is 24.3 Å². The third-order valence-corrected chi connectivity index (χ3v) is 5.59. The van der Waals surface area contributed by atoms with Crippen LogP contribution in [0.5, 0.6) is 0 Å². The molecule has 3 aromatic rings. The standard InChI is InChI=1S/C24H26N4O/c1-17-8-3-5-11-20(17)22-13-14-23(27-26-22)28-15-7-10-19(16-28)24(29)25-21-12-6-4-9-18(21)2/h3-6,8-9,11-14,19H,7,10,15-16H2,1-2H3,(H,25,29). The summed E-state index contributed by atoms with van der Waals surface area (Å²) in [6.45, 7) is 5.64. The highest BCUT2D eigenvalue weighted by Gasteiger charge is 2.27. The molecule has 5 heteroatoms. The van der Waals surface area contributed by atoms with E-state index < -0.39 is 0 Å². The zero-order chi connectivity index (χ0) is 20.2. The van der Waals surface area contributed by atoms with E-state index in [4.69, 9.17) is 0 Å². The number of aryl methyl sites for hydroxylation is 2. The van der Waals surface area contributed by atoms with Crippen LogP contribution in [0, 0.1) is 19.8 Å². The smallest absolute Gasteiger partial charge is 0.229 e. The molecule has 1 atom stereocenters. The molecule has 0 radical (unpaired) electrons. The number of carbonyl (C=O) groups excluding carboxylic acids is 1. The number of para-hydroxylation sites is 1. The first-order valence-corrected chi connectivity index (χ1v) is 10.1. The minimum Gasteiger partial charge on any atom is -0.354 e. The van der Waals surface area contributed by atoms with Gasteiger partial charge in [0.2, 0.25) is 5.91 Å². The predicted molar refractivity (Wildman–Crippen MR) is 117 cm³/mol. The first-order valence-electron chi connectivity index (χ1n) is 10.1. The molecule has 1 unspecified atom stereocenters. The Bertz CT molecular complexity index is 1000. The maximum absolute atomic E-state index is 12.8. The second-order valence-corrected chi connectivity index (χ2v) is 7.68. The molecule has 2 heterocycles. The van der Waals surface area contributed by atoms with Crippen LogP contribution in [-0.4, -0.2) is 29.2 Å². The van der Waals surface area contributed by atoms with Crippen LogP contribution in [0.3, 0.4) is 0 Å². The minimum absolute atomic E-state index is 0.0544. The average Bonchev–Trinajstić information content (AvgIpc) is 2.76. The molecule has 1 aliphatic rings. The van der Waals surface area contributed by atoms with E-state index in [0.717, 1.165) is 47.7 Å². The van der Waals surface area contributed by atoms with E-state index in [-0.39, 0.29) is 11.8 Å². The highest BCUT2D eigenvalue weighted by molar-refractivity contribution is 5.93. The lowest BCUT2D eigenvalue weighted by Gasteiger charge is -2.32. The molecular formula is C24H26N4O. The van der Waals surface area contributed by atoms with E-state index >= 15 is 0 Å². The molecule has 148 valence electrons. The number of benzene rings is 2. The first-order chi connectivity index (χ1) is 14.1. The fourth-order valence-electron chi connectivity index (χ4n) is 3.85. The highest BCUT2D eigenvalue weighted by atomic mass is 16.1. The van der Waals surface area contributed by atoms with Crippen molar-refractivity contribution in [3.63, 3.8) is 0 Å². The Kier molecular flexibility index (Phi) is 5.56. The van der Waals surface area contributed by atoms with Crippen molar-refractivity contribution in [2.24, 2.45) is 5.92 Å². The Hall–Kier alpha value is -3.21. The monoisotopic (exact) mass is 386 g/mol. The van der Waals surface area contributed by atoms with E-state index in [0.29, 0.717) is 6.54 Å². The average molecular weight is 386 g/mol. The number of anilines is 2. The molecule has 0 aliphatic carbocycles. The molecule has 29 heavy (non-hydrogen) atoms. The molecule has 5 nitrogen and oxygen atoms in total. The fraction of sp³-hybridized carbons (Fsp3) is 0.292. The molecule has 1 aliphatic heterocycles. The molecule has 0 bridgehead atoms. The third-order valence-electron chi connectivity index (χ3n) is 5.59. The largest absolute Gasteiger partial charge is 0.354 e. The van der Waals surface area contributed by atoms with Crippen LogP contribution in [0.1, 0.15) is 24.0 Å². The van der Waals surface area contributed by atoms with Gasteiger partial charge in [-0.15, -0.1) is 10.2 Å². The van der Waals surface area contributed by atoms with Gasteiger partial charge in [-0.3, -0.25) is 4.79 Å². The molecule has 0 saturated carbocycles. The van der Waals surface area contributed by atoms with E-state index in [1.165, 1.54) is 5.56 Å². The number of aromatic nitrogens is 2. The normalized spacial score (nSPS) is 16.5. The Balaban J connectivity index is 1.45. The molecule has 1 amide bonds. The summed E-state index contributed by atoms with van der Waals surface area (Å²) in [6.07, 6.45) is 1.86. The SMILES string of the molecule is Cc1ccccc1NC(=O)C1CCCN(c2ccc(-c3ccccc3C)nn2)C1. The van der Waals surface area contributed by atoms with E-state index in [1.807, 2.05) is 55.5 Å². The van der Waals surface area contributed by atoms with Crippen LogP contribution in [0.2, 0.25) is 0 Å². The molecule has 0 spiro atoms.